The molecule has 2 fully saturated rings. The van der Waals surface area contributed by atoms with Crippen LogP contribution in [0.3, 0.4) is 0 Å². The average molecular weight is 140 g/mol. The van der Waals surface area contributed by atoms with Gasteiger partial charge in [-0.15, -0.1) is 0 Å². The average Bonchev–Trinajstić information content (AvgIpc) is 2.62. The van der Waals surface area contributed by atoms with Crippen molar-refractivity contribution in [3.05, 3.63) is 0 Å². The molecule has 58 valence electrons. The van der Waals surface area contributed by atoms with Crippen LogP contribution in [0.4, 0.5) is 0 Å². The molecule has 2 nitrogen and oxygen atoms in total. The summed E-state index contributed by atoms with van der Waals surface area (Å²) in [5.74, 6) is 0. The second kappa shape index (κ2) is 1.95. The summed E-state index contributed by atoms with van der Waals surface area (Å²) in [4.78, 5) is 2.46. The van der Waals surface area contributed by atoms with Gasteiger partial charge in [-0.1, -0.05) is 0 Å². The molecule has 1 atom stereocenters. The van der Waals surface area contributed by atoms with Gasteiger partial charge in [-0.2, -0.15) is 0 Å². The first-order chi connectivity index (χ1) is 4.72. The smallest absolute Gasteiger partial charge is 0.0310 e. The molecule has 0 aromatic carbocycles. The van der Waals surface area contributed by atoms with Crippen molar-refractivity contribution in [2.24, 2.45) is 0 Å². The Kier molecular flexibility index (Phi) is 1.29. The maximum atomic E-state index is 3.61. The first kappa shape index (κ1) is 6.62. The predicted molar refractivity (Wildman–Crippen MR) is 42.1 cm³/mol. The van der Waals surface area contributed by atoms with E-state index in [2.05, 4.69) is 24.2 Å². The highest BCUT2D eigenvalue weighted by Crippen LogP contribution is 2.37. The summed E-state index contributed by atoms with van der Waals surface area (Å²) in [5, 5.41) is 3.61. The third kappa shape index (κ3) is 0.956. The molecule has 0 amide bonds. The van der Waals surface area contributed by atoms with Crippen LogP contribution in [-0.2, 0) is 0 Å². The van der Waals surface area contributed by atoms with E-state index in [0.29, 0.717) is 5.54 Å². The molecular formula is C8H16N2. The molecule has 0 aromatic heterocycles. The predicted octanol–water partition coefficient (Wildman–Crippen LogP) is 0.443. The van der Waals surface area contributed by atoms with Gasteiger partial charge in [-0.05, 0) is 26.8 Å². The quantitative estimate of drug-likeness (QED) is 0.525. The lowest BCUT2D eigenvalue weighted by Crippen LogP contribution is -2.55. The summed E-state index contributed by atoms with van der Waals surface area (Å²) in [5.41, 5.74) is 0.557. The number of piperazine rings is 1. The van der Waals surface area contributed by atoms with Crippen LogP contribution in [-0.4, -0.2) is 36.6 Å². The Balaban J connectivity index is 1.98. The van der Waals surface area contributed by atoms with Crippen LogP contribution in [0.2, 0.25) is 0 Å². The zero-order valence-electron chi connectivity index (χ0n) is 6.85. The standard InChI is InChI=1S/C8H16N2/c1-7-5-9-8(3-4-8)6-10(7)2/h7,9H,3-6H2,1-2H3. The van der Waals surface area contributed by atoms with Crippen molar-refractivity contribution in [3.63, 3.8) is 0 Å². The van der Waals surface area contributed by atoms with Crippen LogP contribution < -0.4 is 5.32 Å². The minimum absolute atomic E-state index is 0.557. The molecule has 1 heterocycles. The largest absolute Gasteiger partial charge is 0.308 e. The van der Waals surface area contributed by atoms with Crippen LogP contribution in [0.25, 0.3) is 0 Å². The van der Waals surface area contributed by atoms with Gasteiger partial charge >= 0.3 is 0 Å². The summed E-state index contributed by atoms with van der Waals surface area (Å²) >= 11 is 0. The Hall–Kier alpha value is -0.0800. The van der Waals surface area contributed by atoms with Gasteiger partial charge < -0.3 is 10.2 Å². The molecule has 2 rings (SSSR count). The molecule has 0 radical (unpaired) electrons. The fourth-order valence-corrected chi connectivity index (χ4v) is 1.69. The maximum Gasteiger partial charge on any atom is 0.0310 e. The molecule has 1 N–H and O–H groups in total. The summed E-state index contributed by atoms with van der Waals surface area (Å²) < 4.78 is 0. The SMILES string of the molecule is CC1CNC2(CC2)CN1C. The number of hydrogen-bond donors (Lipinski definition) is 1. The number of hydrogen-bond acceptors (Lipinski definition) is 2. The molecule has 2 heteroatoms. The molecule has 2 aliphatic rings. The van der Waals surface area contributed by atoms with Crippen molar-refractivity contribution in [3.8, 4) is 0 Å². The number of nitrogens with one attached hydrogen (secondary N) is 1. The van der Waals surface area contributed by atoms with Crippen molar-refractivity contribution >= 4 is 0 Å². The topological polar surface area (TPSA) is 15.3 Å². The maximum absolute atomic E-state index is 3.61. The molecule has 1 aliphatic heterocycles. The lowest BCUT2D eigenvalue weighted by Gasteiger charge is -2.36. The summed E-state index contributed by atoms with van der Waals surface area (Å²) in [6, 6.07) is 0.728. The molecule has 0 aromatic rings. The van der Waals surface area contributed by atoms with Crippen molar-refractivity contribution < 1.29 is 0 Å². The van der Waals surface area contributed by atoms with E-state index in [1.807, 2.05) is 0 Å². The normalized spacial score (nSPS) is 38.4. The minimum Gasteiger partial charge on any atom is -0.308 e. The van der Waals surface area contributed by atoms with Gasteiger partial charge in [0.1, 0.15) is 0 Å². The van der Waals surface area contributed by atoms with E-state index < -0.39 is 0 Å². The molecule has 1 spiro atoms. The van der Waals surface area contributed by atoms with Gasteiger partial charge in [0, 0.05) is 24.7 Å². The van der Waals surface area contributed by atoms with E-state index in [4.69, 9.17) is 0 Å². The van der Waals surface area contributed by atoms with Gasteiger partial charge in [0.05, 0.1) is 0 Å². The van der Waals surface area contributed by atoms with Gasteiger partial charge in [0.15, 0.2) is 0 Å². The number of likely N-dealkylation sites (N-methyl/N-ethyl adjacent to an activating group) is 1. The van der Waals surface area contributed by atoms with Gasteiger partial charge in [0.25, 0.3) is 0 Å². The zero-order chi connectivity index (χ0) is 7.19. The summed E-state index contributed by atoms with van der Waals surface area (Å²) in [7, 11) is 2.23. The Morgan fingerprint density at radius 2 is 2.20 bits per heavy atom. The monoisotopic (exact) mass is 140 g/mol. The lowest BCUT2D eigenvalue weighted by atomic mass is 10.1. The van der Waals surface area contributed by atoms with Crippen LogP contribution >= 0.6 is 0 Å². The highest BCUT2D eigenvalue weighted by molar-refractivity contribution is 5.07. The Morgan fingerprint density at radius 3 is 2.70 bits per heavy atom. The zero-order valence-corrected chi connectivity index (χ0v) is 6.85. The molecule has 10 heavy (non-hydrogen) atoms. The van der Waals surface area contributed by atoms with E-state index in [1.165, 1.54) is 25.9 Å². The second-order valence-corrected chi connectivity index (χ2v) is 3.93. The van der Waals surface area contributed by atoms with E-state index in [9.17, 15) is 0 Å². The molecule has 1 unspecified atom stereocenters. The van der Waals surface area contributed by atoms with Crippen molar-refractivity contribution in [1.29, 1.82) is 0 Å². The van der Waals surface area contributed by atoms with E-state index in [1.54, 1.807) is 0 Å². The molecular weight excluding hydrogens is 124 g/mol. The van der Waals surface area contributed by atoms with Crippen LogP contribution in [0.1, 0.15) is 19.8 Å². The van der Waals surface area contributed by atoms with E-state index >= 15 is 0 Å². The lowest BCUT2D eigenvalue weighted by molar-refractivity contribution is 0.165. The third-order valence-corrected chi connectivity index (χ3v) is 2.93. The Bertz CT molecular complexity index is 140. The fourth-order valence-electron chi connectivity index (χ4n) is 1.69. The van der Waals surface area contributed by atoms with Crippen LogP contribution in [0, 0.1) is 0 Å². The van der Waals surface area contributed by atoms with E-state index in [-0.39, 0.29) is 0 Å². The summed E-state index contributed by atoms with van der Waals surface area (Å²) in [6.45, 7) is 4.72. The van der Waals surface area contributed by atoms with Crippen molar-refractivity contribution in [2.75, 3.05) is 20.1 Å². The second-order valence-electron chi connectivity index (χ2n) is 3.93. The van der Waals surface area contributed by atoms with E-state index in [0.717, 1.165) is 6.04 Å². The third-order valence-electron chi connectivity index (χ3n) is 2.93. The molecule has 1 saturated carbocycles. The van der Waals surface area contributed by atoms with Gasteiger partial charge in [-0.25, -0.2) is 0 Å². The van der Waals surface area contributed by atoms with Crippen LogP contribution in [0.15, 0.2) is 0 Å². The Morgan fingerprint density at radius 1 is 1.50 bits per heavy atom. The first-order valence-electron chi connectivity index (χ1n) is 4.17. The summed E-state index contributed by atoms with van der Waals surface area (Å²) in [6.07, 6.45) is 2.79. The van der Waals surface area contributed by atoms with Gasteiger partial charge in [0.2, 0.25) is 0 Å². The number of rotatable bonds is 0. The molecule has 0 bridgehead atoms. The fraction of sp³-hybridized carbons (Fsp3) is 1.00. The minimum atomic E-state index is 0.557. The highest BCUT2D eigenvalue weighted by Gasteiger charge is 2.45. The van der Waals surface area contributed by atoms with Crippen LogP contribution in [0.5, 0.6) is 0 Å². The Labute approximate surface area is 62.6 Å². The molecule has 1 aliphatic carbocycles. The highest BCUT2D eigenvalue weighted by atomic mass is 15.2. The first-order valence-corrected chi connectivity index (χ1v) is 4.17. The van der Waals surface area contributed by atoms with Crippen molar-refractivity contribution in [2.45, 2.75) is 31.3 Å². The van der Waals surface area contributed by atoms with Crippen molar-refractivity contribution in [1.82, 2.24) is 10.2 Å². The van der Waals surface area contributed by atoms with Gasteiger partial charge in [-0.3, -0.25) is 0 Å². The molecule has 1 saturated heterocycles. The number of nitrogens with zero attached hydrogens (tertiary/aromatic N) is 1.